The number of carbonyl (C=O) groups excluding carboxylic acids is 2. The van der Waals surface area contributed by atoms with Crippen LogP contribution in [-0.4, -0.2) is 39.9 Å². The van der Waals surface area contributed by atoms with Crippen LogP contribution in [0.25, 0.3) is 0 Å². The van der Waals surface area contributed by atoms with E-state index in [1.807, 2.05) is 31.2 Å². The van der Waals surface area contributed by atoms with Crippen LogP contribution in [0.4, 0.5) is 13.2 Å². The second kappa shape index (κ2) is 13.3. The van der Waals surface area contributed by atoms with Crippen molar-refractivity contribution < 1.29 is 27.5 Å². The van der Waals surface area contributed by atoms with Crippen LogP contribution in [0.5, 0.6) is 5.75 Å². The molecule has 0 saturated heterocycles. The van der Waals surface area contributed by atoms with Crippen LogP contribution in [0.2, 0.25) is 0 Å². The van der Waals surface area contributed by atoms with E-state index in [2.05, 4.69) is 36.5 Å². The molecular formula is C26H28F3N7O3S. The lowest BCUT2D eigenvalue weighted by Gasteiger charge is -2.14. The normalized spacial score (nSPS) is 13.0. The molecule has 212 valence electrons. The van der Waals surface area contributed by atoms with Gasteiger partial charge in [-0.25, -0.2) is 0 Å². The van der Waals surface area contributed by atoms with Crippen molar-refractivity contribution >= 4 is 23.2 Å². The molecule has 4 N–H and O–H groups in total. The molecule has 0 bridgehead atoms. The van der Waals surface area contributed by atoms with Crippen LogP contribution in [0.3, 0.4) is 0 Å². The predicted molar refractivity (Wildman–Crippen MR) is 141 cm³/mol. The molecule has 4 rings (SSSR count). The summed E-state index contributed by atoms with van der Waals surface area (Å²) in [7, 11) is 0. The Balaban J connectivity index is 1.15. The third-order valence-electron chi connectivity index (χ3n) is 5.69. The fourth-order valence-corrected chi connectivity index (χ4v) is 4.60. The number of carbonyl (C=O) groups is 2. The Bertz CT molecular complexity index is 1360. The molecule has 2 aromatic carbocycles. The molecule has 0 atom stereocenters. The summed E-state index contributed by atoms with van der Waals surface area (Å²) in [5.74, 6) is -1.03. The van der Waals surface area contributed by atoms with Gasteiger partial charge in [0.1, 0.15) is 16.5 Å². The number of aryl methyl sites for hydroxylation is 2. The van der Waals surface area contributed by atoms with E-state index in [4.69, 9.17) is 0 Å². The van der Waals surface area contributed by atoms with Gasteiger partial charge in [-0.05, 0) is 43.0 Å². The first-order valence-electron chi connectivity index (χ1n) is 12.4. The number of halogens is 3. The Morgan fingerprint density at radius 2 is 1.73 bits per heavy atom. The fraction of sp³-hybridized carbons (Fsp3) is 0.308. The average Bonchev–Trinajstić information content (AvgIpc) is 3.58. The first-order chi connectivity index (χ1) is 19.1. The standard InChI is InChI=1S/C26H28F3N7O3S/c1-17-6-4-7-18(12-17)14-30-23(37)21-16-36(35-32-21)11-3-2-10-22-33-34-25(40-22)24(38)31-15-19-8-5-9-20(13-19)39-26(27,28)29/h4-9,12-13,16,32,35H,2-3,10-11,14-15H2,1H3,(H,30,37)(H,31,38). The van der Waals surface area contributed by atoms with Crippen LogP contribution in [0.15, 0.2) is 60.4 Å². The SMILES string of the molecule is Cc1cccc(CNC(=O)C2=CN(CCCCc3nnc(C(=O)NCc4cccc(OC(F)(F)F)c4)s3)NN2)c1. The third kappa shape index (κ3) is 8.95. The molecule has 14 heteroatoms. The van der Waals surface area contributed by atoms with E-state index in [9.17, 15) is 22.8 Å². The molecular weight excluding hydrogens is 547 g/mol. The van der Waals surface area contributed by atoms with Crippen molar-refractivity contribution in [3.63, 3.8) is 0 Å². The lowest BCUT2D eigenvalue weighted by Crippen LogP contribution is -2.39. The molecule has 0 aliphatic carbocycles. The molecule has 0 fully saturated rings. The van der Waals surface area contributed by atoms with Crippen LogP contribution >= 0.6 is 11.3 Å². The molecule has 1 aromatic heterocycles. The molecule has 0 unspecified atom stereocenters. The summed E-state index contributed by atoms with van der Waals surface area (Å²) in [6.07, 6.45) is -0.880. The zero-order valence-electron chi connectivity index (χ0n) is 21.5. The van der Waals surface area contributed by atoms with Gasteiger partial charge in [-0.15, -0.1) is 28.9 Å². The fourth-order valence-electron chi connectivity index (χ4n) is 3.80. The highest BCUT2D eigenvalue weighted by Crippen LogP contribution is 2.23. The number of hydrazine groups is 2. The highest BCUT2D eigenvalue weighted by molar-refractivity contribution is 7.13. The van der Waals surface area contributed by atoms with Gasteiger partial charge in [0.05, 0.1) is 0 Å². The van der Waals surface area contributed by atoms with Crippen molar-refractivity contribution in [2.24, 2.45) is 0 Å². The molecule has 0 saturated carbocycles. The Labute approximate surface area is 232 Å². The molecule has 1 aliphatic rings. The second-order valence-corrected chi connectivity index (χ2v) is 10.0. The number of hydrogen-bond acceptors (Lipinski definition) is 9. The Morgan fingerprint density at radius 1 is 1.00 bits per heavy atom. The van der Waals surface area contributed by atoms with Crippen molar-refractivity contribution in [3.05, 3.63) is 87.1 Å². The minimum absolute atomic E-state index is 0.0130. The number of nitrogens with zero attached hydrogens (tertiary/aromatic N) is 3. The highest BCUT2D eigenvalue weighted by Gasteiger charge is 2.31. The first-order valence-corrected chi connectivity index (χ1v) is 13.3. The van der Waals surface area contributed by atoms with Crippen LogP contribution in [0, 0.1) is 6.92 Å². The number of hydrogen-bond donors (Lipinski definition) is 4. The van der Waals surface area contributed by atoms with E-state index in [0.717, 1.165) is 35.3 Å². The molecule has 40 heavy (non-hydrogen) atoms. The summed E-state index contributed by atoms with van der Waals surface area (Å²) in [5.41, 5.74) is 8.84. The molecule has 0 spiro atoms. The zero-order valence-corrected chi connectivity index (χ0v) is 22.4. The number of ether oxygens (including phenoxy) is 1. The predicted octanol–water partition coefficient (Wildman–Crippen LogP) is 3.48. The number of rotatable bonds is 12. The van der Waals surface area contributed by atoms with Gasteiger partial charge in [0.15, 0.2) is 0 Å². The summed E-state index contributed by atoms with van der Waals surface area (Å²) < 4.78 is 41.1. The molecule has 0 radical (unpaired) electrons. The van der Waals surface area contributed by atoms with Gasteiger partial charge in [0.25, 0.3) is 11.8 Å². The molecule has 3 aromatic rings. The molecule has 1 aliphatic heterocycles. The third-order valence-corrected chi connectivity index (χ3v) is 6.67. The maximum absolute atomic E-state index is 12.4. The minimum Gasteiger partial charge on any atom is -0.406 e. The Morgan fingerprint density at radius 3 is 2.48 bits per heavy atom. The van der Waals surface area contributed by atoms with Gasteiger partial charge < -0.3 is 15.4 Å². The number of amides is 2. The van der Waals surface area contributed by atoms with Crippen molar-refractivity contribution in [3.8, 4) is 5.75 Å². The summed E-state index contributed by atoms with van der Waals surface area (Å²) in [4.78, 5) is 24.8. The van der Waals surface area contributed by atoms with Crippen molar-refractivity contribution in [2.75, 3.05) is 6.54 Å². The largest absolute Gasteiger partial charge is 0.573 e. The van der Waals surface area contributed by atoms with E-state index in [-0.39, 0.29) is 23.2 Å². The maximum atomic E-state index is 12.4. The van der Waals surface area contributed by atoms with Gasteiger partial charge in [0.2, 0.25) is 5.01 Å². The Kier molecular flexibility index (Phi) is 9.56. The Hall–Kier alpha value is -4.17. The minimum atomic E-state index is -4.79. The van der Waals surface area contributed by atoms with Crippen LogP contribution < -0.4 is 26.3 Å². The van der Waals surface area contributed by atoms with E-state index >= 15 is 0 Å². The van der Waals surface area contributed by atoms with Crippen LogP contribution in [-0.2, 0) is 24.3 Å². The van der Waals surface area contributed by atoms with Crippen molar-refractivity contribution in [1.82, 2.24) is 36.8 Å². The zero-order chi connectivity index (χ0) is 28.5. The number of unbranched alkanes of at least 4 members (excludes halogenated alkanes) is 1. The number of alkyl halides is 3. The highest BCUT2D eigenvalue weighted by atomic mass is 32.1. The van der Waals surface area contributed by atoms with Gasteiger partial charge in [-0.1, -0.05) is 53.3 Å². The van der Waals surface area contributed by atoms with Crippen molar-refractivity contribution in [1.29, 1.82) is 0 Å². The summed E-state index contributed by atoms with van der Waals surface area (Å²) >= 11 is 1.16. The monoisotopic (exact) mass is 575 g/mol. The van der Waals surface area contributed by atoms with E-state index in [0.29, 0.717) is 35.8 Å². The van der Waals surface area contributed by atoms with Gasteiger partial charge in [-0.3, -0.25) is 20.0 Å². The number of benzene rings is 2. The second-order valence-electron chi connectivity index (χ2n) is 8.98. The summed E-state index contributed by atoms with van der Waals surface area (Å²) in [6.45, 7) is 3.10. The maximum Gasteiger partial charge on any atom is 0.573 e. The lowest BCUT2D eigenvalue weighted by atomic mass is 10.1. The van der Waals surface area contributed by atoms with Gasteiger partial charge >= 0.3 is 6.36 Å². The summed E-state index contributed by atoms with van der Waals surface area (Å²) in [5, 5.41) is 16.2. The average molecular weight is 576 g/mol. The van der Waals surface area contributed by atoms with Crippen LogP contribution in [0.1, 0.15) is 44.3 Å². The quantitative estimate of drug-likeness (QED) is 0.243. The van der Waals surface area contributed by atoms with E-state index in [1.54, 1.807) is 17.3 Å². The molecule has 10 nitrogen and oxygen atoms in total. The number of nitrogens with one attached hydrogen (secondary N) is 4. The van der Waals surface area contributed by atoms with Crippen molar-refractivity contribution in [2.45, 2.75) is 45.6 Å². The lowest BCUT2D eigenvalue weighted by molar-refractivity contribution is -0.274. The molecule has 2 amide bonds. The molecule has 2 heterocycles. The summed E-state index contributed by atoms with van der Waals surface area (Å²) in [6, 6.07) is 13.3. The first kappa shape index (κ1) is 28.8. The van der Waals surface area contributed by atoms with E-state index in [1.165, 1.54) is 18.2 Å². The number of aromatic nitrogens is 2. The topological polar surface area (TPSA) is 121 Å². The smallest absolute Gasteiger partial charge is 0.406 e. The van der Waals surface area contributed by atoms with Gasteiger partial charge in [-0.2, -0.15) is 0 Å². The van der Waals surface area contributed by atoms with Gasteiger partial charge in [0, 0.05) is 32.3 Å². The van der Waals surface area contributed by atoms with E-state index < -0.39 is 12.3 Å².